The summed E-state index contributed by atoms with van der Waals surface area (Å²) in [4.78, 5) is 16.4. The summed E-state index contributed by atoms with van der Waals surface area (Å²) in [7, 11) is 0. The van der Waals surface area contributed by atoms with Crippen molar-refractivity contribution in [2.45, 2.75) is 20.4 Å². The van der Waals surface area contributed by atoms with E-state index in [0.717, 1.165) is 16.4 Å². The minimum Gasteiger partial charge on any atom is -0.399 e. The zero-order chi connectivity index (χ0) is 14.5. The molecule has 0 spiro atoms. The number of amides is 1. The van der Waals surface area contributed by atoms with Crippen molar-refractivity contribution in [3.8, 4) is 0 Å². The maximum atomic E-state index is 12.0. The first-order chi connectivity index (χ1) is 9.60. The van der Waals surface area contributed by atoms with Crippen LogP contribution in [0.2, 0.25) is 0 Å². The SMILES string of the molecule is CCNC(=O)c1ccc(N)cc1NCc1csc(C)n1. The van der Waals surface area contributed by atoms with Crippen LogP contribution in [-0.4, -0.2) is 17.4 Å². The Morgan fingerprint density at radius 1 is 1.45 bits per heavy atom. The number of carbonyl (C=O) groups is 1. The third-order valence-electron chi connectivity index (χ3n) is 2.75. The van der Waals surface area contributed by atoms with Crippen LogP contribution in [0.5, 0.6) is 0 Å². The van der Waals surface area contributed by atoms with Crippen LogP contribution in [0.1, 0.15) is 28.0 Å². The fourth-order valence-corrected chi connectivity index (χ4v) is 2.45. The molecule has 1 aromatic carbocycles. The first kappa shape index (κ1) is 14.3. The number of aromatic nitrogens is 1. The van der Waals surface area contributed by atoms with Crippen LogP contribution in [0.15, 0.2) is 23.6 Å². The number of benzene rings is 1. The molecular weight excluding hydrogens is 272 g/mol. The van der Waals surface area contributed by atoms with E-state index >= 15 is 0 Å². The van der Waals surface area contributed by atoms with Gasteiger partial charge in [0.05, 0.1) is 22.8 Å². The van der Waals surface area contributed by atoms with E-state index in [9.17, 15) is 4.79 Å². The van der Waals surface area contributed by atoms with Gasteiger partial charge in [0.15, 0.2) is 0 Å². The van der Waals surface area contributed by atoms with Crippen LogP contribution < -0.4 is 16.4 Å². The third kappa shape index (κ3) is 3.48. The van der Waals surface area contributed by atoms with Gasteiger partial charge in [-0.25, -0.2) is 4.98 Å². The molecule has 106 valence electrons. The van der Waals surface area contributed by atoms with E-state index in [-0.39, 0.29) is 5.91 Å². The number of anilines is 2. The number of carbonyl (C=O) groups excluding carboxylic acids is 1. The second-order valence-electron chi connectivity index (χ2n) is 4.38. The van der Waals surface area contributed by atoms with E-state index in [1.165, 1.54) is 0 Å². The molecule has 0 fully saturated rings. The van der Waals surface area contributed by atoms with E-state index in [2.05, 4.69) is 15.6 Å². The zero-order valence-electron chi connectivity index (χ0n) is 11.6. The maximum absolute atomic E-state index is 12.0. The van der Waals surface area contributed by atoms with Gasteiger partial charge in [-0.1, -0.05) is 0 Å². The Morgan fingerprint density at radius 2 is 2.25 bits per heavy atom. The molecule has 1 amide bonds. The van der Waals surface area contributed by atoms with Crippen LogP contribution in [0.25, 0.3) is 0 Å². The smallest absolute Gasteiger partial charge is 0.253 e. The molecule has 6 heteroatoms. The van der Waals surface area contributed by atoms with Crippen LogP contribution in [0.4, 0.5) is 11.4 Å². The standard InChI is InChI=1S/C14H18N4OS/c1-3-16-14(19)12-5-4-10(15)6-13(12)17-7-11-8-20-9(2)18-11/h4-6,8,17H,3,7,15H2,1-2H3,(H,16,19). The molecule has 2 rings (SSSR count). The third-order valence-corrected chi connectivity index (χ3v) is 3.57. The molecule has 0 aliphatic rings. The van der Waals surface area contributed by atoms with Gasteiger partial charge < -0.3 is 16.4 Å². The summed E-state index contributed by atoms with van der Waals surface area (Å²) < 4.78 is 0. The maximum Gasteiger partial charge on any atom is 0.253 e. The summed E-state index contributed by atoms with van der Waals surface area (Å²) in [5, 5.41) is 9.04. The second-order valence-corrected chi connectivity index (χ2v) is 5.44. The number of nitrogens with one attached hydrogen (secondary N) is 2. The van der Waals surface area contributed by atoms with Crippen molar-refractivity contribution < 1.29 is 4.79 Å². The van der Waals surface area contributed by atoms with E-state index in [1.807, 2.05) is 19.2 Å². The van der Waals surface area contributed by atoms with Crippen molar-refractivity contribution in [1.82, 2.24) is 10.3 Å². The van der Waals surface area contributed by atoms with Crippen molar-refractivity contribution in [3.63, 3.8) is 0 Å². The Kier molecular flexibility index (Phi) is 4.57. The van der Waals surface area contributed by atoms with Crippen molar-refractivity contribution in [2.75, 3.05) is 17.6 Å². The topological polar surface area (TPSA) is 80.0 Å². The van der Waals surface area contributed by atoms with Crippen LogP contribution >= 0.6 is 11.3 Å². The number of hydrogen-bond acceptors (Lipinski definition) is 5. The molecule has 0 aliphatic carbocycles. The minimum absolute atomic E-state index is 0.107. The highest BCUT2D eigenvalue weighted by Gasteiger charge is 2.11. The number of hydrogen-bond donors (Lipinski definition) is 3. The molecule has 0 saturated carbocycles. The van der Waals surface area contributed by atoms with Gasteiger partial charge in [0.25, 0.3) is 5.91 Å². The normalized spacial score (nSPS) is 10.3. The summed E-state index contributed by atoms with van der Waals surface area (Å²) >= 11 is 1.61. The predicted octanol–water partition coefficient (Wildman–Crippen LogP) is 2.40. The zero-order valence-corrected chi connectivity index (χ0v) is 12.4. The molecule has 0 saturated heterocycles. The summed E-state index contributed by atoms with van der Waals surface area (Å²) in [6.07, 6.45) is 0. The van der Waals surface area contributed by atoms with Gasteiger partial charge in [-0.2, -0.15) is 0 Å². The first-order valence-corrected chi connectivity index (χ1v) is 7.30. The van der Waals surface area contributed by atoms with E-state index in [0.29, 0.717) is 24.3 Å². The highest BCUT2D eigenvalue weighted by molar-refractivity contribution is 7.09. The molecule has 4 N–H and O–H groups in total. The fourth-order valence-electron chi connectivity index (χ4n) is 1.84. The summed E-state index contributed by atoms with van der Waals surface area (Å²) in [6.45, 7) is 5.02. The fraction of sp³-hybridized carbons (Fsp3) is 0.286. The van der Waals surface area contributed by atoms with Crippen LogP contribution in [-0.2, 0) is 6.54 Å². The van der Waals surface area contributed by atoms with E-state index in [4.69, 9.17) is 5.73 Å². The molecule has 5 nitrogen and oxygen atoms in total. The van der Waals surface area contributed by atoms with Crippen molar-refractivity contribution >= 4 is 28.6 Å². The number of nitrogens with zero attached hydrogens (tertiary/aromatic N) is 1. The lowest BCUT2D eigenvalue weighted by atomic mass is 10.1. The quantitative estimate of drug-likeness (QED) is 0.739. The van der Waals surface area contributed by atoms with Gasteiger partial charge in [0, 0.05) is 23.3 Å². The van der Waals surface area contributed by atoms with Crippen LogP contribution in [0, 0.1) is 6.92 Å². The van der Waals surface area contributed by atoms with Crippen molar-refractivity contribution in [1.29, 1.82) is 0 Å². The first-order valence-electron chi connectivity index (χ1n) is 6.42. The van der Waals surface area contributed by atoms with E-state index in [1.54, 1.807) is 29.5 Å². The number of thiazole rings is 1. The number of nitrogen functional groups attached to an aromatic ring is 1. The Morgan fingerprint density at radius 3 is 2.90 bits per heavy atom. The molecule has 1 aromatic heterocycles. The summed E-state index contributed by atoms with van der Waals surface area (Å²) in [5.74, 6) is -0.107. The molecule has 2 aromatic rings. The lowest BCUT2D eigenvalue weighted by molar-refractivity contribution is 0.0956. The summed E-state index contributed by atoms with van der Waals surface area (Å²) in [6, 6.07) is 5.22. The molecular formula is C14H18N4OS. The van der Waals surface area contributed by atoms with Gasteiger partial charge in [0.1, 0.15) is 0 Å². The predicted molar refractivity (Wildman–Crippen MR) is 83.0 cm³/mol. The summed E-state index contributed by atoms with van der Waals surface area (Å²) in [5.41, 5.74) is 8.68. The largest absolute Gasteiger partial charge is 0.399 e. The number of nitrogens with two attached hydrogens (primary N) is 1. The monoisotopic (exact) mass is 290 g/mol. The Labute approximate surface area is 122 Å². The number of rotatable bonds is 5. The Balaban J connectivity index is 2.16. The average Bonchev–Trinajstić information content (AvgIpc) is 2.82. The highest BCUT2D eigenvalue weighted by Crippen LogP contribution is 2.20. The minimum atomic E-state index is -0.107. The highest BCUT2D eigenvalue weighted by atomic mass is 32.1. The molecule has 0 unspecified atom stereocenters. The van der Waals surface area contributed by atoms with E-state index < -0.39 is 0 Å². The molecule has 0 radical (unpaired) electrons. The van der Waals surface area contributed by atoms with Gasteiger partial charge in [-0.05, 0) is 32.0 Å². The molecule has 0 atom stereocenters. The number of aryl methyl sites for hydroxylation is 1. The van der Waals surface area contributed by atoms with Crippen molar-refractivity contribution in [3.05, 3.63) is 39.8 Å². The molecule has 20 heavy (non-hydrogen) atoms. The molecule has 1 heterocycles. The van der Waals surface area contributed by atoms with Gasteiger partial charge in [-0.3, -0.25) is 4.79 Å². The Bertz CT molecular complexity index is 609. The van der Waals surface area contributed by atoms with Crippen LogP contribution in [0.3, 0.4) is 0 Å². The molecule has 0 bridgehead atoms. The van der Waals surface area contributed by atoms with Gasteiger partial charge in [0.2, 0.25) is 0 Å². The van der Waals surface area contributed by atoms with Gasteiger partial charge >= 0.3 is 0 Å². The van der Waals surface area contributed by atoms with Gasteiger partial charge in [-0.15, -0.1) is 11.3 Å². The second kappa shape index (κ2) is 6.38. The van der Waals surface area contributed by atoms with Crippen molar-refractivity contribution in [2.24, 2.45) is 0 Å². The lowest BCUT2D eigenvalue weighted by Gasteiger charge is -2.12. The average molecular weight is 290 g/mol. The lowest BCUT2D eigenvalue weighted by Crippen LogP contribution is -2.24. The Hall–Kier alpha value is -2.08. The molecule has 0 aliphatic heterocycles.